The van der Waals surface area contributed by atoms with Gasteiger partial charge in [-0.2, -0.15) is 13.2 Å². The van der Waals surface area contributed by atoms with E-state index in [1.165, 1.54) is 6.92 Å². The molecule has 21 heavy (non-hydrogen) atoms. The number of ketones is 2. The molecule has 0 aromatic heterocycles. The van der Waals surface area contributed by atoms with Crippen LogP contribution in [0, 0.1) is 0 Å². The average molecular weight is 323 g/mol. The van der Waals surface area contributed by atoms with Crippen LogP contribution in [-0.4, -0.2) is 24.1 Å². The van der Waals surface area contributed by atoms with Gasteiger partial charge >= 0.3 is 12.1 Å². The lowest BCUT2D eigenvalue weighted by Gasteiger charge is -2.09. The summed E-state index contributed by atoms with van der Waals surface area (Å²) < 4.78 is 42.1. The Morgan fingerprint density at radius 1 is 1.24 bits per heavy atom. The second-order valence-electron chi connectivity index (χ2n) is 3.94. The number of rotatable bonds is 5. The highest BCUT2D eigenvalue weighted by atomic mass is 35.5. The van der Waals surface area contributed by atoms with Crippen molar-refractivity contribution >= 4 is 29.1 Å². The van der Waals surface area contributed by atoms with Crippen molar-refractivity contribution in [1.29, 1.82) is 0 Å². The van der Waals surface area contributed by atoms with E-state index in [-0.39, 0.29) is 11.6 Å². The Morgan fingerprint density at radius 3 is 2.38 bits per heavy atom. The summed E-state index contributed by atoms with van der Waals surface area (Å²) in [6, 6.07) is 2.17. The largest absolute Gasteiger partial charge is 0.460 e. The van der Waals surface area contributed by atoms with E-state index in [9.17, 15) is 27.6 Å². The number of esters is 1. The van der Waals surface area contributed by atoms with Crippen LogP contribution in [0.25, 0.3) is 0 Å². The van der Waals surface area contributed by atoms with Crippen molar-refractivity contribution in [1.82, 2.24) is 0 Å². The van der Waals surface area contributed by atoms with E-state index in [0.717, 1.165) is 6.07 Å². The zero-order valence-corrected chi connectivity index (χ0v) is 11.5. The maximum absolute atomic E-state index is 12.6. The molecule has 0 saturated heterocycles. The van der Waals surface area contributed by atoms with Crippen molar-refractivity contribution in [2.45, 2.75) is 19.5 Å². The highest BCUT2D eigenvalue weighted by Gasteiger charge is 2.32. The molecule has 0 bridgehead atoms. The van der Waals surface area contributed by atoms with Crippen LogP contribution in [-0.2, 0) is 20.5 Å². The van der Waals surface area contributed by atoms with Crippen LogP contribution in [0.15, 0.2) is 18.2 Å². The van der Waals surface area contributed by atoms with Gasteiger partial charge in [0, 0.05) is 5.56 Å². The number of Topliss-reactive ketones (excluding diaryl/α,β-unsaturated/α-hetero) is 2. The molecule has 0 atom stereocenters. The van der Waals surface area contributed by atoms with Crippen molar-refractivity contribution in [2.75, 3.05) is 6.61 Å². The number of hydrogen-bond donors (Lipinski definition) is 0. The molecule has 0 amide bonds. The standard InChI is InChI=1S/C13H10ClF3O4/c1-2-21-12(20)11(19)6-10(18)8-5-7(13(15,16)17)3-4-9(8)14/h3-5H,2,6H2,1H3. The third-order valence-corrected chi connectivity index (χ3v) is 2.75. The molecule has 0 spiro atoms. The van der Waals surface area contributed by atoms with Crippen LogP contribution in [0.5, 0.6) is 0 Å². The average Bonchev–Trinajstić information content (AvgIpc) is 2.37. The summed E-state index contributed by atoms with van der Waals surface area (Å²) in [5.74, 6) is -3.34. The molecule has 0 fully saturated rings. The van der Waals surface area contributed by atoms with Gasteiger partial charge in [-0.15, -0.1) is 0 Å². The Balaban J connectivity index is 2.97. The zero-order valence-electron chi connectivity index (χ0n) is 10.8. The summed E-state index contributed by atoms with van der Waals surface area (Å²) in [6.07, 6.45) is -5.55. The van der Waals surface area contributed by atoms with Crippen LogP contribution in [0.4, 0.5) is 13.2 Å². The lowest BCUT2D eigenvalue weighted by molar-refractivity contribution is -0.153. The lowest BCUT2D eigenvalue weighted by Crippen LogP contribution is -2.21. The first-order chi connectivity index (χ1) is 9.66. The van der Waals surface area contributed by atoms with E-state index < -0.39 is 41.3 Å². The first-order valence-electron chi connectivity index (χ1n) is 5.76. The molecule has 0 aliphatic carbocycles. The van der Waals surface area contributed by atoms with Crippen molar-refractivity contribution in [3.63, 3.8) is 0 Å². The maximum atomic E-state index is 12.6. The monoisotopic (exact) mass is 322 g/mol. The first kappa shape index (κ1) is 17.2. The molecule has 0 aliphatic rings. The predicted molar refractivity (Wildman–Crippen MR) is 67.0 cm³/mol. The van der Waals surface area contributed by atoms with Gasteiger partial charge in [0.05, 0.1) is 23.6 Å². The summed E-state index contributed by atoms with van der Waals surface area (Å²) >= 11 is 5.65. The van der Waals surface area contributed by atoms with Gasteiger partial charge in [-0.3, -0.25) is 9.59 Å². The van der Waals surface area contributed by atoms with Crippen molar-refractivity contribution < 1.29 is 32.3 Å². The SMILES string of the molecule is CCOC(=O)C(=O)CC(=O)c1cc(C(F)(F)F)ccc1Cl. The number of ether oxygens (including phenoxy) is 1. The van der Waals surface area contributed by atoms with Crippen LogP contribution >= 0.6 is 11.6 Å². The molecule has 0 heterocycles. The Hall–Kier alpha value is -1.89. The summed E-state index contributed by atoms with van der Waals surface area (Å²) in [7, 11) is 0. The van der Waals surface area contributed by atoms with Gasteiger partial charge in [-0.1, -0.05) is 11.6 Å². The lowest BCUT2D eigenvalue weighted by atomic mass is 10.0. The van der Waals surface area contributed by atoms with E-state index in [1.807, 2.05) is 0 Å². The van der Waals surface area contributed by atoms with Gasteiger partial charge in [0.1, 0.15) is 0 Å². The second kappa shape index (κ2) is 6.71. The fourth-order valence-electron chi connectivity index (χ4n) is 1.44. The molecular weight excluding hydrogens is 313 g/mol. The minimum absolute atomic E-state index is 0.0525. The molecule has 8 heteroatoms. The van der Waals surface area contributed by atoms with Crippen molar-refractivity contribution in [3.05, 3.63) is 34.3 Å². The molecule has 1 aromatic carbocycles. The van der Waals surface area contributed by atoms with Gasteiger partial charge in [0.2, 0.25) is 5.78 Å². The molecule has 1 rings (SSSR count). The topological polar surface area (TPSA) is 60.4 Å². The molecule has 4 nitrogen and oxygen atoms in total. The minimum Gasteiger partial charge on any atom is -0.460 e. The molecule has 1 aromatic rings. The Bertz CT molecular complexity index is 581. The maximum Gasteiger partial charge on any atom is 0.416 e. The molecular formula is C13H10ClF3O4. The number of halogens is 4. The van der Waals surface area contributed by atoms with E-state index >= 15 is 0 Å². The fraction of sp³-hybridized carbons (Fsp3) is 0.308. The van der Waals surface area contributed by atoms with Gasteiger partial charge in [0.15, 0.2) is 5.78 Å². The predicted octanol–water partition coefficient (Wildman–Crippen LogP) is 3.06. The van der Waals surface area contributed by atoms with Gasteiger partial charge in [0.25, 0.3) is 0 Å². The number of alkyl halides is 3. The highest BCUT2D eigenvalue weighted by molar-refractivity contribution is 6.40. The molecule has 0 unspecified atom stereocenters. The van der Waals surface area contributed by atoms with Crippen molar-refractivity contribution in [2.24, 2.45) is 0 Å². The quantitative estimate of drug-likeness (QED) is 0.362. The Morgan fingerprint density at radius 2 is 1.86 bits per heavy atom. The molecule has 0 saturated carbocycles. The summed E-state index contributed by atoms with van der Waals surface area (Å²) in [4.78, 5) is 34.2. The minimum atomic E-state index is -4.65. The summed E-state index contributed by atoms with van der Waals surface area (Å²) in [5, 5.41) is -0.232. The van der Waals surface area contributed by atoms with E-state index in [4.69, 9.17) is 11.6 Å². The smallest absolute Gasteiger partial charge is 0.416 e. The Kier molecular flexibility index (Phi) is 5.48. The molecule has 0 N–H and O–H groups in total. The Labute approximate surface area is 122 Å². The normalized spacial score (nSPS) is 11.1. The number of benzene rings is 1. The first-order valence-corrected chi connectivity index (χ1v) is 6.14. The zero-order chi connectivity index (χ0) is 16.2. The molecule has 0 radical (unpaired) electrons. The van der Waals surface area contributed by atoms with Crippen LogP contribution in [0.3, 0.4) is 0 Å². The van der Waals surface area contributed by atoms with Gasteiger partial charge in [-0.25, -0.2) is 4.79 Å². The van der Waals surface area contributed by atoms with Crippen LogP contribution < -0.4 is 0 Å². The summed E-state index contributed by atoms with van der Waals surface area (Å²) in [5.41, 5.74) is -1.54. The fourth-order valence-corrected chi connectivity index (χ4v) is 1.66. The second-order valence-corrected chi connectivity index (χ2v) is 4.34. The number of carbonyl (C=O) groups is 3. The van der Waals surface area contributed by atoms with Crippen LogP contribution in [0.2, 0.25) is 5.02 Å². The van der Waals surface area contributed by atoms with E-state index in [2.05, 4.69) is 4.74 Å². The third kappa shape index (κ3) is 4.56. The highest BCUT2D eigenvalue weighted by Crippen LogP contribution is 2.32. The van der Waals surface area contributed by atoms with Crippen LogP contribution in [0.1, 0.15) is 29.3 Å². The molecule has 0 aliphatic heterocycles. The van der Waals surface area contributed by atoms with Gasteiger partial charge in [-0.05, 0) is 25.1 Å². The third-order valence-electron chi connectivity index (χ3n) is 2.42. The van der Waals surface area contributed by atoms with E-state index in [1.54, 1.807) is 0 Å². The van der Waals surface area contributed by atoms with Crippen molar-refractivity contribution in [3.8, 4) is 0 Å². The number of hydrogen-bond acceptors (Lipinski definition) is 4. The summed E-state index contributed by atoms with van der Waals surface area (Å²) in [6.45, 7) is 1.42. The van der Waals surface area contributed by atoms with E-state index in [0.29, 0.717) is 12.1 Å². The number of carbonyl (C=O) groups excluding carboxylic acids is 3. The van der Waals surface area contributed by atoms with Gasteiger partial charge < -0.3 is 4.74 Å². The molecule has 114 valence electrons.